The SMILES string of the molecule is O=C(NCCCNS(O)([OH2+])c1ccc(F)c(Cl)c1)[C@H](O)[C@@H](O)C(=O)N1CCN(c2ccccc2)CC1. The summed E-state index contributed by atoms with van der Waals surface area (Å²) in [7, 11) is -3.18. The molecule has 0 spiro atoms. The number of nitrogens with one attached hydrogen (secondary N) is 2. The molecule has 1 saturated heterocycles. The van der Waals surface area contributed by atoms with Crippen molar-refractivity contribution < 1.29 is 33.3 Å². The van der Waals surface area contributed by atoms with Gasteiger partial charge in [0.15, 0.2) is 12.2 Å². The van der Waals surface area contributed by atoms with Gasteiger partial charge >= 0.3 is 0 Å². The summed E-state index contributed by atoms with van der Waals surface area (Å²) in [5.41, 5.74) is 1.03. The molecule has 2 aromatic carbocycles. The van der Waals surface area contributed by atoms with E-state index in [1.54, 1.807) is 0 Å². The Morgan fingerprint density at radius 2 is 1.72 bits per heavy atom. The van der Waals surface area contributed by atoms with Crippen LogP contribution in [-0.4, -0.2) is 87.5 Å². The molecule has 36 heavy (non-hydrogen) atoms. The van der Waals surface area contributed by atoms with Gasteiger partial charge in [0.25, 0.3) is 11.8 Å². The second kappa shape index (κ2) is 12.7. The molecule has 1 aliphatic heterocycles. The molecule has 7 N–H and O–H groups in total. The highest BCUT2D eigenvalue weighted by atomic mass is 35.5. The summed E-state index contributed by atoms with van der Waals surface area (Å²) in [6, 6.07) is 13.2. The van der Waals surface area contributed by atoms with Crippen LogP contribution in [0.25, 0.3) is 0 Å². The van der Waals surface area contributed by atoms with Crippen LogP contribution >= 0.6 is 22.4 Å². The normalized spacial score (nSPS) is 18.2. The van der Waals surface area contributed by atoms with E-state index in [2.05, 4.69) is 14.9 Å². The second-order valence-electron chi connectivity index (χ2n) is 8.23. The van der Waals surface area contributed by atoms with E-state index in [1.807, 2.05) is 30.3 Å². The first-order chi connectivity index (χ1) is 17.1. The molecule has 1 fully saturated rings. The van der Waals surface area contributed by atoms with Crippen LogP contribution in [0.5, 0.6) is 0 Å². The third-order valence-electron chi connectivity index (χ3n) is 5.73. The molecule has 3 atom stereocenters. The Bertz CT molecular complexity index is 1040. The van der Waals surface area contributed by atoms with Crippen LogP contribution in [0, 0.1) is 5.82 Å². The second-order valence-corrected chi connectivity index (χ2v) is 10.6. The number of rotatable bonds is 10. The van der Waals surface area contributed by atoms with Crippen molar-refractivity contribution in [2.45, 2.75) is 23.5 Å². The number of para-hydroxylation sites is 1. The van der Waals surface area contributed by atoms with Crippen LogP contribution in [0.2, 0.25) is 5.02 Å². The van der Waals surface area contributed by atoms with E-state index < -0.39 is 40.6 Å². The highest BCUT2D eigenvalue weighted by molar-refractivity contribution is 8.22. The first kappa shape index (κ1) is 28.1. The molecule has 1 heterocycles. The van der Waals surface area contributed by atoms with Gasteiger partial charge in [-0.25, -0.2) is 8.94 Å². The number of anilines is 1. The lowest BCUT2D eigenvalue weighted by Gasteiger charge is -2.37. The zero-order chi connectivity index (χ0) is 26.3. The van der Waals surface area contributed by atoms with Gasteiger partial charge < -0.3 is 29.9 Å². The van der Waals surface area contributed by atoms with Crippen molar-refractivity contribution in [3.05, 3.63) is 59.4 Å². The predicted octanol–water partition coefficient (Wildman–Crippen LogP) is 0.837. The number of amides is 2. The summed E-state index contributed by atoms with van der Waals surface area (Å²) in [4.78, 5) is 28.4. The molecular weight excluding hydrogens is 515 g/mol. The maximum atomic E-state index is 13.3. The maximum absolute atomic E-state index is 13.3. The molecule has 10 nitrogen and oxygen atoms in total. The highest BCUT2D eigenvalue weighted by Gasteiger charge is 2.34. The smallest absolute Gasteiger partial charge is 0.254 e. The summed E-state index contributed by atoms with van der Waals surface area (Å²) >= 11 is 5.69. The number of piperazine rings is 1. The highest BCUT2D eigenvalue weighted by Crippen LogP contribution is 2.44. The average Bonchev–Trinajstić information content (AvgIpc) is 2.89. The predicted molar refractivity (Wildman–Crippen MR) is 136 cm³/mol. The fraction of sp³-hybridized carbons (Fsp3) is 0.391. The largest absolute Gasteiger partial charge is 0.380 e. The van der Waals surface area contributed by atoms with Gasteiger partial charge in [0, 0.05) is 45.0 Å². The van der Waals surface area contributed by atoms with E-state index in [-0.39, 0.29) is 29.4 Å². The van der Waals surface area contributed by atoms with Gasteiger partial charge in [-0.3, -0.25) is 9.59 Å². The van der Waals surface area contributed by atoms with Crippen LogP contribution in [0.15, 0.2) is 53.4 Å². The minimum absolute atomic E-state index is 0.0548. The fourth-order valence-corrected chi connectivity index (χ4v) is 5.06. The fourth-order valence-electron chi connectivity index (χ4n) is 3.66. The third kappa shape index (κ3) is 7.29. The molecule has 3 rings (SSSR count). The summed E-state index contributed by atoms with van der Waals surface area (Å²) in [6.45, 7) is 2.00. The quantitative estimate of drug-likeness (QED) is 0.219. The lowest BCUT2D eigenvalue weighted by molar-refractivity contribution is -0.153. The molecule has 0 saturated carbocycles. The molecule has 198 valence electrons. The van der Waals surface area contributed by atoms with E-state index in [4.69, 9.17) is 16.2 Å². The van der Waals surface area contributed by atoms with Gasteiger partial charge in [-0.1, -0.05) is 29.8 Å². The molecule has 1 aliphatic rings. The van der Waals surface area contributed by atoms with Crippen molar-refractivity contribution >= 4 is 39.9 Å². The lowest BCUT2D eigenvalue weighted by Crippen LogP contribution is -2.55. The molecule has 1 unspecified atom stereocenters. The molecule has 0 bridgehead atoms. The topological polar surface area (TPSA) is 148 Å². The van der Waals surface area contributed by atoms with Crippen molar-refractivity contribution in [3.8, 4) is 0 Å². The van der Waals surface area contributed by atoms with Crippen LogP contribution in [0.1, 0.15) is 6.42 Å². The van der Waals surface area contributed by atoms with Crippen LogP contribution in [0.4, 0.5) is 10.1 Å². The molecular formula is C23H31ClFN4O6S+. The van der Waals surface area contributed by atoms with Gasteiger partial charge in [-0.05, 0) is 47.5 Å². The molecule has 0 aromatic heterocycles. The standard InChI is InChI=1S/C23H30ClFN4O6S/c24-18-15-17(7-8-19(18)25)36(34,35)27-10-4-9-26-22(32)20(30)21(31)23(33)29-13-11-28(12-14-29)16-5-2-1-3-6-16/h1-3,5-8,15,20-21,27,30-31,34-35H,4,9-14H2,(H,26,32)/p+1/t20-,21-/m1/s1. The Morgan fingerprint density at radius 3 is 2.36 bits per heavy atom. The van der Waals surface area contributed by atoms with Crippen LogP contribution in [0.3, 0.4) is 0 Å². The van der Waals surface area contributed by atoms with E-state index in [0.717, 1.165) is 11.8 Å². The number of hydrogen-bond donors (Lipinski definition) is 5. The van der Waals surface area contributed by atoms with Gasteiger partial charge in [0.2, 0.25) is 0 Å². The van der Waals surface area contributed by atoms with E-state index in [9.17, 15) is 28.7 Å². The summed E-state index contributed by atoms with van der Waals surface area (Å²) in [5, 5.41) is 22.6. The summed E-state index contributed by atoms with van der Waals surface area (Å²) in [5.74, 6) is -2.28. The van der Waals surface area contributed by atoms with Crippen LogP contribution in [-0.2, 0) is 9.59 Å². The number of hydrogen-bond acceptors (Lipinski definition) is 7. The van der Waals surface area contributed by atoms with Crippen molar-refractivity contribution in [2.24, 2.45) is 0 Å². The average molecular weight is 546 g/mol. The van der Waals surface area contributed by atoms with Gasteiger partial charge in [0.1, 0.15) is 10.7 Å². The van der Waals surface area contributed by atoms with Gasteiger partial charge in [0.05, 0.1) is 5.02 Å². The first-order valence-corrected chi connectivity index (χ1v) is 13.3. The minimum atomic E-state index is -3.18. The molecule has 2 amide bonds. The maximum Gasteiger partial charge on any atom is 0.254 e. The zero-order valence-electron chi connectivity index (χ0n) is 19.4. The molecule has 13 heteroatoms. The van der Waals surface area contributed by atoms with E-state index >= 15 is 0 Å². The van der Waals surface area contributed by atoms with E-state index in [0.29, 0.717) is 26.2 Å². The molecule has 0 aliphatic carbocycles. The Kier molecular flexibility index (Phi) is 9.91. The van der Waals surface area contributed by atoms with Crippen molar-refractivity contribution in [3.63, 3.8) is 0 Å². The number of nitrogens with zero attached hydrogens (tertiary/aromatic N) is 2. The van der Waals surface area contributed by atoms with Gasteiger partial charge in [-0.15, -0.1) is 0 Å². The zero-order valence-corrected chi connectivity index (χ0v) is 21.0. The monoisotopic (exact) mass is 545 g/mol. The lowest BCUT2D eigenvalue weighted by atomic mass is 10.1. The van der Waals surface area contributed by atoms with Crippen molar-refractivity contribution in [1.82, 2.24) is 14.9 Å². The third-order valence-corrected chi connectivity index (χ3v) is 7.58. The number of benzene rings is 2. The minimum Gasteiger partial charge on any atom is -0.380 e. The number of carbonyl (C=O) groups excluding carboxylic acids is 2. The number of halogens is 2. The number of carbonyl (C=O) groups is 2. The Hall–Kier alpha value is -2.45. The number of aliphatic hydroxyl groups is 2. The number of aliphatic hydroxyl groups excluding tert-OH is 2. The first-order valence-electron chi connectivity index (χ1n) is 11.3. The summed E-state index contributed by atoms with van der Waals surface area (Å²) < 4.78 is 34.2. The van der Waals surface area contributed by atoms with Crippen molar-refractivity contribution in [1.29, 1.82) is 0 Å². The summed E-state index contributed by atoms with van der Waals surface area (Å²) in [6.07, 6.45) is -3.55. The van der Waals surface area contributed by atoms with Crippen LogP contribution < -0.4 is 14.9 Å². The Balaban J connectivity index is 1.38. The van der Waals surface area contributed by atoms with Gasteiger partial charge in [-0.2, -0.15) is 4.72 Å². The Labute approximate surface area is 215 Å². The van der Waals surface area contributed by atoms with Crippen molar-refractivity contribution in [2.75, 3.05) is 44.2 Å². The molecule has 0 radical (unpaired) electrons. The molecule has 2 aromatic rings. The Morgan fingerprint density at radius 1 is 1.06 bits per heavy atom. The van der Waals surface area contributed by atoms with E-state index in [1.165, 1.54) is 17.0 Å².